The molecule has 1 aromatic heterocycles. The van der Waals surface area contributed by atoms with Crippen LogP contribution in [0.15, 0.2) is 64.9 Å². The maximum absolute atomic E-state index is 13.0. The summed E-state index contributed by atoms with van der Waals surface area (Å²) in [5, 5.41) is 24.6. The molecule has 6 nitrogen and oxygen atoms in total. The Hall–Kier alpha value is -2.74. The zero-order chi connectivity index (χ0) is 16.1. The summed E-state index contributed by atoms with van der Waals surface area (Å²) >= 11 is 1.32. The first-order valence-corrected chi connectivity index (χ1v) is 7.70. The van der Waals surface area contributed by atoms with Gasteiger partial charge in [0.15, 0.2) is 0 Å². The number of halogens is 1. The van der Waals surface area contributed by atoms with Gasteiger partial charge >= 0.3 is 0 Å². The van der Waals surface area contributed by atoms with Gasteiger partial charge in [-0.1, -0.05) is 47.2 Å². The number of tetrazole rings is 1. The van der Waals surface area contributed by atoms with Crippen LogP contribution in [0.4, 0.5) is 4.39 Å². The van der Waals surface area contributed by atoms with E-state index in [9.17, 15) is 9.60 Å². The maximum atomic E-state index is 13.0. The quantitative estimate of drug-likeness (QED) is 0.337. The van der Waals surface area contributed by atoms with E-state index in [0.29, 0.717) is 22.2 Å². The summed E-state index contributed by atoms with van der Waals surface area (Å²) in [6.45, 7) is 0. The maximum Gasteiger partial charge on any atom is 0.214 e. The second-order valence-electron chi connectivity index (χ2n) is 4.55. The van der Waals surface area contributed by atoms with Crippen molar-refractivity contribution in [1.82, 2.24) is 20.2 Å². The number of para-hydroxylation sites is 1. The molecule has 3 aromatic rings. The van der Waals surface area contributed by atoms with Crippen molar-refractivity contribution in [2.45, 2.75) is 5.16 Å². The molecule has 0 saturated heterocycles. The summed E-state index contributed by atoms with van der Waals surface area (Å²) in [4.78, 5) is 0. The lowest BCUT2D eigenvalue weighted by atomic mass is 10.1. The van der Waals surface area contributed by atoms with Crippen LogP contribution in [0.25, 0.3) is 5.69 Å². The van der Waals surface area contributed by atoms with E-state index in [1.54, 1.807) is 16.8 Å². The van der Waals surface area contributed by atoms with Crippen LogP contribution in [0.3, 0.4) is 0 Å². The molecule has 1 N–H and O–H groups in total. The Balaban J connectivity index is 1.76. The molecular formula is C15H12FN5OS. The SMILES string of the molecule is O/N=C(/CSc1nnnn1-c1ccccc1)c1ccc(F)cc1. The average Bonchev–Trinajstić information content (AvgIpc) is 3.06. The molecular weight excluding hydrogens is 317 g/mol. The number of aromatic nitrogens is 4. The average molecular weight is 329 g/mol. The number of thioether (sulfide) groups is 1. The summed E-state index contributed by atoms with van der Waals surface area (Å²) in [5.74, 6) is 0.00159. The number of rotatable bonds is 5. The van der Waals surface area contributed by atoms with Gasteiger partial charge in [-0.25, -0.2) is 4.39 Å². The Morgan fingerprint density at radius 1 is 1.13 bits per heavy atom. The second-order valence-corrected chi connectivity index (χ2v) is 5.49. The van der Waals surface area contributed by atoms with Crippen LogP contribution in [0.2, 0.25) is 0 Å². The molecule has 8 heteroatoms. The van der Waals surface area contributed by atoms with Gasteiger partial charge in [0.05, 0.1) is 11.4 Å². The van der Waals surface area contributed by atoms with Crippen molar-refractivity contribution in [1.29, 1.82) is 0 Å². The first-order valence-electron chi connectivity index (χ1n) is 6.71. The van der Waals surface area contributed by atoms with E-state index >= 15 is 0 Å². The smallest absolute Gasteiger partial charge is 0.214 e. The fourth-order valence-electron chi connectivity index (χ4n) is 1.95. The molecule has 2 aromatic carbocycles. The van der Waals surface area contributed by atoms with Crippen molar-refractivity contribution in [2.75, 3.05) is 5.75 Å². The van der Waals surface area contributed by atoms with E-state index in [-0.39, 0.29) is 5.82 Å². The van der Waals surface area contributed by atoms with Crippen LogP contribution in [-0.2, 0) is 0 Å². The van der Waals surface area contributed by atoms with Crippen LogP contribution in [-0.4, -0.2) is 36.9 Å². The largest absolute Gasteiger partial charge is 0.411 e. The van der Waals surface area contributed by atoms with Gasteiger partial charge in [0.1, 0.15) is 5.82 Å². The van der Waals surface area contributed by atoms with E-state index in [0.717, 1.165) is 5.69 Å². The number of hydrogen-bond acceptors (Lipinski definition) is 6. The summed E-state index contributed by atoms with van der Waals surface area (Å²) < 4.78 is 14.6. The van der Waals surface area contributed by atoms with Crippen molar-refractivity contribution >= 4 is 17.5 Å². The van der Waals surface area contributed by atoms with Gasteiger partial charge in [0, 0.05) is 11.3 Å². The number of hydrogen-bond donors (Lipinski definition) is 1. The lowest BCUT2D eigenvalue weighted by Gasteiger charge is -2.05. The molecule has 0 atom stereocenters. The van der Waals surface area contributed by atoms with E-state index in [1.807, 2.05) is 30.3 Å². The van der Waals surface area contributed by atoms with E-state index < -0.39 is 0 Å². The van der Waals surface area contributed by atoms with Gasteiger partial charge in [-0.2, -0.15) is 4.68 Å². The predicted octanol–water partition coefficient (Wildman–Crippen LogP) is 2.77. The third-order valence-corrected chi connectivity index (χ3v) is 4.01. The van der Waals surface area contributed by atoms with Crippen molar-refractivity contribution in [3.05, 3.63) is 66.0 Å². The third kappa shape index (κ3) is 3.54. The molecule has 0 amide bonds. The Bertz CT molecular complexity index is 804. The molecule has 0 fully saturated rings. The zero-order valence-corrected chi connectivity index (χ0v) is 12.7. The van der Waals surface area contributed by atoms with Crippen LogP contribution in [0, 0.1) is 5.82 Å². The Kier molecular flexibility index (Phi) is 4.62. The monoisotopic (exact) mass is 329 g/mol. The van der Waals surface area contributed by atoms with Gasteiger partial charge in [0.2, 0.25) is 5.16 Å². The van der Waals surface area contributed by atoms with Crippen molar-refractivity contribution < 1.29 is 9.60 Å². The van der Waals surface area contributed by atoms with E-state index in [4.69, 9.17) is 0 Å². The Morgan fingerprint density at radius 2 is 1.87 bits per heavy atom. The normalized spacial score (nSPS) is 11.6. The highest BCUT2D eigenvalue weighted by Crippen LogP contribution is 2.19. The van der Waals surface area contributed by atoms with Crippen molar-refractivity contribution in [3.63, 3.8) is 0 Å². The molecule has 0 saturated carbocycles. The third-order valence-electron chi connectivity index (χ3n) is 3.08. The first kappa shape index (κ1) is 15.2. The van der Waals surface area contributed by atoms with Crippen LogP contribution >= 0.6 is 11.8 Å². The van der Waals surface area contributed by atoms with Gasteiger partial charge < -0.3 is 5.21 Å². The molecule has 0 bridgehead atoms. The fourth-order valence-corrected chi connectivity index (χ4v) is 2.79. The molecule has 0 aliphatic rings. The first-order chi connectivity index (χ1) is 11.3. The predicted molar refractivity (Wildman–Crippen MR) is 84.6 cm³/mol. The van der Waals surface area contributed by atoms with Crippen LogP contribution in [0.5, 0.6) is 0 Å². The van der Waals surface area contributed by atoms with Gasteiger partial charge in [0.25, 0.3) is 0 Å². The minimum Gasteiger partial charge on any atom is -0.411 e. The van der Waals surface area contributed by atoms with Crippen molar-refractivity contribution in [2.24, 2.45) is 5.16 Å². The van der Waals surface area contributed by atoms with E-state index in [2.05, 4.69) is 20.7 Å². The molecule has 0 spiro atoms. The van der Waals surface area contributed by atoms with Gasteiger partial charge in [-0.15, -0.1) is 5.10 Å². The topological polar surface area (TPSA) is 76.2 Å². The molecule has 116 valence electrons. The number of nitrogens with zero attached hydrogens (tertiary/aromatic N) is 5. The molecule has 0 aliphatic carbocycles. The molecule has 0 radical (unpaired) electrons. The summed E-state index contributed by atoms with van der Waals surface area (Å²) in [6, 6.07) is 15.2. The molecule has 0 aliphatic heterocycles. The van der Waals surface area contributed by atoms with Gasteiger partial charge in [-0.05, 0) is 34.7 Å². The zero-order valence-electron chi connectivity index (χ0n) is 11.9. The lowest BCUT2D eigenvalue weighted by molar-refractivity contribution is 0.319. The molecule has 3 rings (SSSR count). The summed E-state index contributed by atoms with van der Waals surface area (Å²) in [7, 11) is 0. The highest BCUT2D eigenvalue weighted by atomic mass is 32.2. The van der Waals surface area contributed by atoms with Gasteiger partial charge in [-0.3, -0.25) is 0 Å². The second kappa shape index (κ2) is 7.01. The molecule has 23 heavy (non-hydrogen) atoms. The number of oxime groups is 1. The molecule has 1 heterocycles. The summed E-state index contributed by atoms with van der Waals surface area (Å²) in [6.07, 6.45) is 0. The Morgan fingerprint density at radius 3 is 2.57 bits per heavy atom. The summed E-state index contributed by atoms with van der Waals surface area (Å²) in [5.41, 5.74) is 1.89. The van der Waals surface area contributed by atoms with Crippen LogP contribution in [0.1, 0.15) is 5.56 Å². The van der Waals surface area contributed by atoms with Crippen molar-refractivity contribution in [3.8, 4) is 5.69 Å². The van der Waals surface area contributed by atoms with Crippen LogP contribution < -0.4 is 0 Å². The standard InChI is InChI=1S/C15H12FN5OS/c16-12-8-6-11(7-9-12)14(18-22)10-23-15-17-19-20-21(15)13-4-2-1-3-5-13/h1-9,22H,10H2/b18-14-. The minimum absolute atomic E-state index is 0.341. The highest BCUT2D eigenvalue weighted by Gasteiger charge is 2.12. The molecule has 0 unspecified atom stereocenters. The minimum atomic E-state index is -0.341. The highest BCUT2D eigenvalue weighted by molar-refractivity contribution is 7.99. The fraction of sp³-hybridized carbons (Fsp3) is 0.0667. The number of benzene rings is 2. The van der Waals surface area contributed by atoms with E-state index in [1.165, 1.54) is 23.9 Å². The lowest BCUT2D eigenvalue weighted by Crippen LogP contribution is -2.06. The Labute approximate surface area is 135 Å².